The Hall–Kier alpha value is -1.60. The van der Waals surface area contributed by atoms with Crippen molar-refractivity contribution in [3.8, 4) is 0 Å². The Morgan fingerprint density at radius 1 is 0.679 bits per heavy atom. The Balaban J connectivity index is 2.48. The fraction of sp³-hybridized carbons (Fsp3) is 0.556. The summed E-state index contributed by atoms with van der Waals surface area (Å²) in [5.41, 5.74) is 5.95. The molecule has 0 saturated carbocycles. The average molecular weight is 380 g/mol. The molecule has 0 aliphatic heterocycles. The van der Waals surface area contributed by atoms with E-state index in [0.29, 0.717) is 17.9 Å². The van der Waals surface area contributed by atoms with Gasteiger partial charge in [0.05, 0.1) is 0 Å². The molecule has 0 fully saturated rings. The van der Waals surface area contributed by atoms with Gasteiger partial charge in [-0.3, -0.25) is 0 Å². The second-order valence-corrected chi connectivity index (χ2v) is 10.7. The number of rotatable bonds is 6. The maximum absolute atomic E-state index is 3.62. The molecular formula is C27H41N. The highest BCUT2D eigenvalue weighted by Gasteiger charge is 2.26. The lowest BCUT2D eigenvalue weighted by molar-refractivity contribution is 0.410. The zero-order chi connectivity index (χ0) is 21.1. The van der Waals surface area contributed by atoms with Gasteiger partial charge in [-0.2, -0.15) is 0 Å². The van der Waals surface area contributed by atoms with Crippen LogP contribution in [0.1, 0.15) is 90.0 Å². The summed E-state index contributed by atoms with van der Waals surface area (Å²) in [5, 5.41) is 3.62. The Labute approximate surface area is 174 Å². The summed E-state index contributed by atoms with van der Waals surface area (Å²) < 4.78 is 0. The van der Waals surface area contributed by atoms with E-state index in [1.165, 1.54) is 22.3 Å². The predicted molar refractivity (Wildman–Crippen MR) is 124 cm³/mol. The molecular weight excluding hydrogens is 338 g/mol. The van der Waals surface area contributed by atoms with Crippen LogP contribution in [0.4, 0.5) is 0 Å². The first-order valence-electron chi connectivity index (χ1n) is 10.8. The SMILES string of the molecule is CNC(CC(C)C)C(c1ccc(C(C)(C)C)cc1)c1ccc(C(C)(C)C)cc1. The molecule has 2 aromatic carbocycles. The first kappa shape index (κ1) is 22.7. The van der Waals surface area contributed by atoms with E-state index < -0.39 is 0 Å². The van der Waals surface area contributed by atoms with Crippen molar-refractivity contribution < 1.29 is 0 Å². The van der Waals surface area contributed by atoms with E-state index >= 15 is 0 Å². The van der Waals surface area contributed by atoms with Crippen LogP contribution in [0.5, 0.6) is 0 Å². The van der Waals surface area contributed by atoms with Gasteiger partial charge in [-0.05, 0) is 52.5 Å². The molecule has 154 valence electrons. The van der Waals surface area contributed by atoms with Crippen LogP contribution in [-0.4, -0.2) is 13.1 Å². The van der Waals surface area contributed by atoms with E-state index in [1.807, 2.05) is 0 Å². The number of likely N-dealkylation sites (N-methyl/N-ethyl adjacent to an activating group) is 1. The van der Waals surface area contributed by atoms with Crippen molar-refractivity contribution in [2.75, 3.05) is 7.05 Å². The van der Waals surface area contributed by atoms with Crippen molar-refractivity contribution >= 4 is 0 Å². The molecule has 1 N–H and O–H groups in total. The van der Waals surface area contributed by atoms with Crippen LogP contribution in [0.25, 0.3) is 0 Å². The van der Waals surface area contributed by atoms with Crippen molar-refractivity contribution in [1.82, 2.24) is 5.32 Å². The third-order valence-corrected chi connectivity index (χ3v) is 5.77. The Kier molecular flexibility index (Phi) is 7.15. The van der Waals surface area contributed by atoms with Gasteiger partial charge in [-0.15, -0.1) is 0 Å². The van der Waals surface area contributed by atoms with Gasteiger partial charge in [-0.1, -0.05) is 104 Å². The molecule has 0 heterocycles. The number of hydrogen-bond acceptors (Lipinski definition) is 1. The molecule has 0 saturated heterocycles. The van der Waals surface area contributed by atoms with Gasteiger partial charge in [0.1, 0.15) is 0 Å². The van der Waals surface area contributed by atoms with Crippen molar-refractivity contribution in [3.05, 3.63) is 70.8 Å². The summed E-state index contributed by atoms with van der Waals surface area (Å²) in [6.45, 7) is 18.3. The molecule has 1 atom stereocenters. The Morgan fingerprint density at radius 2 is 1.04 bits per heavy atom. The average Bonchev–Trinajstić information content (AvgIpc) is 2.60. The smallest absolute Gasteiger partial charge is 0.0243 e. The first-order chi connectivity index (χ1) is 12.9. The van der Waals surface area contributed by atoms with E-state index in [9.17, 15) is 0 Å². The Morgan fingerprint density at radius 3 is 1.29 bits per heavy atom. The summed E-state index contributed by atoms with van der Waals surface area (Å²) in [4.78, 5) is 0. The van der Waals surface area contributed by atoms with Crippen LogP contribution in [0.15, 0.2) is 48.5 Å². The summed E-state index contributed by atoms with van der Waals surface area (Å²) in [6, 6.07) is 19.0. The largest absolute Gasteiger partial charge is 0.316 e. The molecule has 1 unspecified atom stereocenters. The minimum atomic E-state index is 0.183. The molecule has 28 heavy (non-hydrogen) atoms. The standard InChI is InChI=1S/C27H41N/c1-19(2)18-24(28-9)25(20-10-14-22(15-11-20)26(3,4)5)21-12-16-23(17-13-21)27(6,7)8/h10-17,19,24-25,28H,18H2,1-9H3. The van der Waals surface area contributed by atoms with Gasteiger partial charge >= 0.3 is 0 Å². The molecule has 0 aliphatic carbocycles. The number of benzene rings is 2. The zero-order valence-electron chi connectivity index (χ0n) is 19.6. The van der Waals surface area contributed by atoms with Crippen LogP contribution in [0, 0.1) is 5.92 Å². The molecule has 0 radical (unpaired) electrons. The summed E-state index contributed by atoms with van der Waals surface area (Å²) in [6.07, 6.45) is 1.16. The lowest BCUT2D eigenvalue weighted by Gasteiger charge is -2.30. The molecule has 0 amide bonds. The highest BCUT2D eigenvalue weighted by atomic mass is 14.9. The van der Waals surface area contributed by atoms with Crippen LogP contribution < -0.4 is 5.32 Å². The lowest BCUT2D eigenvalue weighted by Crippen LogP contribution is -2.34. The molecule has 0 aromatic heterocycles. The second kappa shape index (κ2) is 8.82. The van der Waals surface area contributed by atoms with E-state index in [-0.39, 0.29) is 10.8 Å². The highest BCUT2D eigenvalue weighted by molar-refractivity contribution is 5.39. The van der Waals surface area contributed by atoms with E-state index in [1.54, 1.807) is 0 Å². The minimum absolute atomic E-state index is 0.183. The van der Waals surface area contributed by atoms with Crippen molar-refractivity contribution in [1.29, 1.82) is 0 Å². The van der Waals surface area contributed by atoms with Gasteiger partial charge in [0.2, 0.25) is 0 Å². The maximum atomic E-state index is 3.62. The monoisotopic (exact) mass is 379 g/mol. The van der Waals surface area contributed by atoms with E-state index in [2.05, 4.69) is 116 Å². The van der Waals surface area contributed by atoms with Crippen LogP contribution in [0.3, 0.4) is 0 Å². The van der Waals surface area contributed by atoms with Gasteiger partial charge in [0.25, 0.3) is 0 Å². The molecule has 0 spiro atoms. The Bertz CT molecular complexity index is 666. The van der Waals surface area contributed by atoms with Crippen LogP contribution >= 0.6 is 0 Å². The van der Waals surface area contributed by atoms with Gasteiger partial charge in [0, 0.05) is 12.0 Å². The second-order valence-electron chi connectivity index (χ2n) is 10.7. The third kappa shape index (κ3) is 5.70. The van der Waals surface area contributed by atoms with Crippen molar-refractivity contribution in [2.24, 2.45) is 5.92 Å². The van der Waals surface area contributed by atoms with E-state index in [4.69, 9.17) is 0 Å². The molecule has 0 aliphatic rings. The molecule has 0 bridgehead atoms. The van der Waals surface area contributed by atoms with Crippen LogP contribution in [-0.2, 0) is 10.8 Å². The van der Waals surface area contributed by atoms with Crippen molar-refractivity contribution in [3.63, 3.8) is 0 Å². The lowest BCUT2D eigenvalue weighted by atomic mass is 9.78. The normalized spacial score (nSPS) is 14.0. The van der Waals surface area contributed by atoms with Crippen molar-refractivity contribution in [2.45, 2.75) is 84.6 Å². The summed E-state index contributed by atoms with van der Waals surface area (Å²) >= 11 is 0. The minimum Gasteiger partial charge on any atom is -0.316 e. The highest BCUT2D eigenvalue weighted by Crippen LogP contribution is 2.34. The quantitative estimate of drug-likeness (QED) is 0.567. The van der Waals surface area contributed by atoms with E-state index in [0.717, 1.165) is 6.42 Å². The molecule has 2 aromatic rings. The van der Waals surface area contributed by atoms with Gasteiger partial charge < -0.3 is 5.32 Å². The third-order valence-electron chi connectivity index (χ3n) is 5.77. The topological polar surface area (TPSA) is 12.0 Å². The number of hydrogen-bond donors (Lipinski definition) is 1. The number of nitrogens with one attached hydrogen (secondary N) is 1. The summed E-state index contributed by atoms with van der Waals surface area (Å²) in [5.74, 6) is 1.01. The fourth-order valence-corrected chi connectivity index (χ4v) is 3.97. The molecule has 2 rings (SSSR count). The zero-order valence-corrected chi connectivity index (χ0v) is 19.6. The van der Waals surface area contributed by atoms with Gasteiger partial charge in [0.15, 0.2) is 0 Å². The predicted octanol–water partition coefficient (Wildman–Crippen LogP) is 7.05. The van der Waals surface area contributed by atoms with Crippen LogP contribution in [0.2, 0.25) is 0 Å². The van der Waals surface area contributed by atoms with Gasteiger partial charge in [-0.25, -0.2) is 0 Å². The summed E-state index contributed by atoms with van der Waals surface area (Å²) in [7, 11) is 2.10. The maximum Gasteiger partial charge on any atom is 0.0243 e. The molecule has 1 nitrogen and oxygen atoms in total. The molecule has 1 heteroatoms. The first-order valence-corrected chi connectivity index (χ1v) is 10.8. The fourth-order valence-electron chi connectivity index (χ4n) is 3.97.